The Hall–Kier alpha value is -2.24. The van der Waals surface area contributed by atoms with Crippen molar-refractivity contribution >= 4 is 18.0 Å². The molecule has 1 N–H and O–H groups in total. The van der Waals surface area contributed by atoms with Gasteiger partial charge in [0.05, 0.1) is 6.21 Å². The number of nitrogens with one attached hydrogen (secondary N) is 1. The van der Waals surface area contributed by atoms with E-state index in [2.05, 4.69) is 10.5 Å². The van der Waals surface area contributed by atoms with Crippen LogP contribution in [0.25, 0.3) is 0 Å². The van der Waals surface area contributed by atoms with Crippen LogP contribution in [0.4, 0.5) is 4.39 Å². The van der Waals surface area contributed by atoms with Crippen molar-refractivity contribution in [1.82, 2.24) is 10.3 Å². The van der Waals surface area contributed by atoms with E-state index in [1.807, 2.05) is 0 Å². The minimum atomic E-state index is -0.404. The van der Waals surface area contributed by atoms with Crippen LogP contribution in [-0.2, 0) is 9.59 Å². The zero-order valence-electron chi connectivity index (χ0n) is 11.7. The van der Waals surface area contributed by atoms with Crippen molar-refractivity contribution in [3.05, 3.63) is 35.6 Å². The van der Waals surface area contributed by atoms with E-state index in [0.29, 0.717) is 18.5 Å². The second-order valence-corrected chi connectivity index (χ2v) is 4.94. The minimum absolute atomic E-state index is 0.000679. The van der Waals surface area contributed by atoms with Gasteiger partial charge in [-0.2, -0.15) is 5.10 Å². The largest absolute Gasteiger partial charge is 0.333 e. The molecule has 21 heavy (non-hydrogen) atoms. The summed E-state index contributed by atoms with van der Waals surface area (Å²) >= 11 is 0. The van der Waals surface area contributed by atoms with E-state index in [0.717, 1.165) is 19.3 Å². The van der Waals surface area contributed by atoms with Crippen molar-refractivity contribution < 1.29 is 14.0 Å². The van der Waals surface area contributed by atoms with Crippen molar-refractivity contribution in [2.75, 3.05) is 13.1 Å². The van der Waals surface area contributed by atoms with Gasteiger partial charge in [-0.05, 0) is 18.9 Å². The van der Waals surface area contributed by atoms with Crippen LogP contribution in [0.3, 0.4) is 0 Å². The quantitative estimate of drug-likeness (QED) is 0.677. The maximum Gasteiger partial charge on any atom is 0.259 e. The number of likely N-dealkylation sites (tertiary alicyclic amines) is 1. The van der Waals surface area contributed by atoms with Crippen molar-refractivity contribution in [1.29, 1.82) is 0 Å². The van der Waals surface area contributed by atoms with Gasteiger partial charge in [-0.15, -0.1) is 0 Å². The summed E-state index contributed by atoms with van der Waals surface area (Å²) in [4.78, 5) is 25.0. The summed E-state index contributed by atoms with van der Waals surface area (Å²) in [6.07, 6.45) is 4.54. The highest BCUT2D eigenvalue weighted by Gasteiger charge is 2.18. The molecular formula is C15H18FN3O2. The molecule has 1 fully saturated rings. The van der Waals surface area contributed by atoms with Gasteiger partial charge in [-0.25, -0.2) is 9.82 Å². The third kappa shape index (κ3) is 4.66. The van der Waals surface area contributed by atoms with Crippen LogP contribution >= 0.6 is 0 Å². The minimum Gasteiger partial charge on any atom is -0.333 e. The van der Waals surface area contributed by atoms with Crippen molar-refractivity contribution in [3.63, 3.8) is 0 Å². The molecule has 1 aromatic rings. The van der Waals surface area contributed by atoms with Gasteiger partial charge in [-0.3, -0.25) is 9.59 Å². The second kappa shape index (κ2) is 7.52. The van der Waals surface area contributed by atoms with Crippen LogP contribution in [0, 0.1) is 5.82 Å². The number of nitrogens with zero attached hydrogens (tertiary/aromatic N) is 2. The highest BCUT2D eigenvalue weighted by molar-refractivity contribution is 5.86. The molecular weight excluding hydrogens is 273 g/mol. The van der Waals surface area contributed by atoms with Gasteiger partial charge in [0.1, 0.15) is 12.4 Å². The lowest BCUT2D eigenvalue weighted by Crippen LogP contribution is -2.39. The summed E-state index contributed by atoms with van der Waals surface area (Å²) in [5.74, 6) is -0.781. The SMILES string of the molecule is O=C(CN1CCCCCC1=O)N/N=C\c1ccccc1F. The Morgan fingerprint density at radius 1 is 1.33 bits per heavy atom. The Kier molecular flexibility index (Phi) is 5.43. The summed E-state index contributed by atoms with van der Waals surface area (Å²) in [6.45, 7) is 0.594. The fourth-order valence-corrected chi connectivity index (χ4v) is 2.17. The molecule has 2 rings (SSSR count). The lowest BCUT2D eigenvalue weighted by atomic mass is 10.2. The van der Waals surface area contributed by atoms with E-state index >= 15 is 0 Å². The highest BCUT2D eigenvalue weighted by atomic mass is 19.1. The zero-order valence-corrected chi connectivity index (χ0v) is 11.7. The van der Waals surface area contributed by atoms with Crippen LogP contribution in [0.5, 0.6) is 0 Å². The third-order valence-electron chi connectivity index (χ3n) is 3.30. The number of halogens is 1. The summed E-state index contributed by atoms with van der Waals surface area (Å²) in [7, 11) is 0. The first kappa shape index (κ1) is 15.2. The van der Waals surface area contributed by atoms with E-state index in [4.69, 9.17) is 0 Å². The average Bonchev–Trinajstić information content (AvgIpc) is 2.66. The standard InChI is InChI=1S/C15H18FN3O2/c16-13-7-4-3-6-12(13)10-17-18-14(20)11-19-9-5-1-2-8-15(19)21/h3-4,6-7,10H,1-2,5,8-9,11H2,(H,18,20)/b17-10-. The monoisotopic (exact) mass is 291 g/mol. The molecule has 0 radical (unpaired) electrons. The Morgan fingerprint density at radius 3 is 2.95 bits per heavy atom. The maximum atomic E-state index is 13.3. The molecule has 0 spiro atoms. The molecule has 1 saturated heterocycles. The van der Waals surface area contributed by atoms with Crippen molar-refractivity contribution in [2.24, 2.45) is 5.10 Å². The van der Waals surface area contributed by atoms with E-state index in [-0.39, 0.29) is 18.4 Å². The normalized spacial score (nSPS) is 16.0. The van der Waals surface area contributed by atoms with Gasteiger partial charge in [0.2, 0.25) is 5.91 Å². The Balaban J connectivity index is 1.84. The maximum absolute atomic E-state index is 13.3. The van der Waals surface area contributed by atoms with Gasteiger partial charge in [0.15, 0.2) is 0 Å². The van der Waals surface area contributed by atoms with Gasteiger partial charge < -0.3 is 4.90 Å². The summed E-state index contributed by atoms with van der Waals surface area (Å²) in [5, 5.41) is 3.71. The van der Waals surface area contributed by atoms with E-state index in [1.165, 1.54) is 12.3 Å². The molecule has 0 aliphatic carbocycles. The van der Waals surface area contributed by atoms with Gasteiger partial charge in [-0.1, -0.05) is 24.6 Å². The number of rotatable bonds is 4. The molecule has 2 amide bonds. The summed E-state index contributed by atoms with van der Waals surface area (Å²) < 4.78 is 13.3. The van der Waals surface area contributed by atoms with Crippen LogP contribution in [0.2, 0.25) is 0 Å². The van der Waals surface area contributed by atoms with Crippen LogP contribution in [-0.4, -0.2) is 36.0 Å². The molecule has 0 unspecified atom stereocenters. The van der Waals surface area contributed by atoms with Gasteiger partial charge in [0, 0.05) is 18.5 Å². The van der Waals surface area contributed by atoms with Gasteiger partial charge in [0.25, 0.3) is 5.91 Å². The number of carbonyl (C=O) groups excluding carboxylic acids is 2. The van der Waals surface area contributed by atoms with Crippen LogP contribution in [0.15, 0.2) is 29.4 Å². The first-order chi connectivity index (χ1) is 10.2. The number of hydrogen-bond acceptors (Lipinski definition) is 3. The molecule has 0 aromatic heterocycles. The predicted octanol–water partition coefficient (Wildman–Crippen LogP) is 1.68. The second-order valence-electron chi connectivity index (χ2n) is 4.94. The number of benzene rings is 1. The first-order valence-electron chi connectivity index (χ1n) is 7.01. The fourth-order valence-electron chi connectivity index (χ4n) is 2.17. The zero-order chi connectivity index (χ0) is 15.1. The number of amides is 2. The number of hydrazone groups is 1. The fraction of sp³-hybridized carbons (Fsp3) is 0.400. The highest BCUT2D eigenvalue weighted by Crippen LogP contribution is 2.10. The molecule has 1 aliphatic rings. The lowest BCUT2D eigenvalue weighted by Gasteiger charge is -2.18. The van der Waals surface area contributed by atoms with E-state index in [9.17, 15) is 14.0 Å². The number of carbonyl (C=O) groups is 2. The number of hydrogen-bond donors (Lipinski definition) is 1. The molecule has 0 bridgehead atoms. The predicted molar refractivity (Wildman–Crippen MR) is 77.2 cm³/mol. The molecule has 5 nitrogen and oxygen atoms in total. The van der Waals surface area contributed by atoms with Crippen molar-refractivity contribution in [3.8, 4) is 0 Å². The lowest BCUT2D eigenvalue weighted by molar-refractivity contribution is -0.135. The van der Waals surface area contributed by atoms with Gasteiger partial charge >= 0.3 is 0 Å². The summed E-state index contributed by atoms with van der Waals surface area (Å²) in [5.41, 5.74) is 2.61. The average molecular weight is 291 g/mol. The van der Waals surface area contributed by atoms with E-state index < -0.39 is 5.82 Å². The Bertz CT molecular complexity index is 545. The smallest absolute Gasteiger partial charge is 0.259 e. The van der Waals surface area contributed by atoms with Crippen LogP contribution in [0.1, 0.15) is 31.2 Å². The molecule has 0 atom stereocenters. The molecule has 1 aromatic carbocycles. The Labute approximate surface area is 122 Å². The summed E-state index contributed by atoms with van der Waals surface area (Å²) in [6, 6.07) is 6.14. The molecule has 112 valence electrons. The molecule has 1 heterocycles. The van der Waals surface area contributed by atoms with E-state index in [1.54, 1.807) is 23.1 Å². The first-order valence-corrected chi connectivity index (χ1v) is 7.01. The molecule has 1 aliphatic heterocycles. The molecule has 0 saturated carbocycles. The third-order valence-corrected chi connectivity index (χ3v) is 3.30. The van der Waals surface area contributed by atoms with Crippen LogP contribution < -0.4 is 5.43 Å². The Morgan fingerprint density at radius 2 is 2.14 bits per heavy atom. The molecule has 6 heteroatoms. The topological polar surface area (TPSA) is 61.8 Å². The van der Waals surface area contributed by atoms with Crippen molar-refractivity contribution in [2.45, 2.75) is 25.7 Å².